The summed E-state index contributed by atoms with van der Waals surface area (Å²) in [5.41, 5.74) is 5.00. The molecule has 3 heterocycles. The molecule has 1 amide bonds. The predicted molar refractivity (Wildman–Crippen MR) is 94.8 cm³/mol. The summed E-state index contributed by atoms with van der Waals surface area (Å²) in [6.07, 6.45) is -2.78. The molecule has 14 heteroatoms. The number of nitrogens with zero attached hydrogens (tertiary/aromatic N) is 4. The van der Waals surface area contributed by atoms with Crippen LogP contribution in [0.25, 0.3) is 11.2 Å². The number of nitrogens with two attached hydrogens (primary N) is 1. The van der Waals surface area contributed by atoms with E-state index in [9.17, 15) is 29.4 Å². The molecule has 1 saturated heterocycles. The molecule has 13 nitrogen and oxygen atoms in total. The Kier molecular flexibility index (Phi) is 5.66. The lowest BCUT2D eigenvalue weighted by molar-refractivity contribution is -0.119. The molecule has 1 aliphatic rings. The summed E-state index contributed by atoms with van der Waals surface area (Å²) in [6.45, 7) is 0.917. The molecule has 2 aromatic heterocycles. The maximum atomic E-state index is 11.7. The van der Waals surface area contributed by atoms with Gasteiger partial charge in [0.25, 0.3) is 0 Å². The van der Waals surface area contributed by atoms with Crippen molar-refractivity contribution < 1.29 is 34.1 Å². The van der Waals surface area contributed by atoms with Crippen molar-refractivity contribution in [2.45, 2.75) is 43.5 Å². The summed E-state index contributed by atoms with van der Waals surface area (Å²) >= 11 is 0. The first-order valence-electron chi connectivity index (χ1n) is 8.34. The minimum atomic E-state index is -4.60. The van der Waals surface area contributed by atoms with Gasteiger partial charge in [0.2, 0.25) is 5.91 Å². The number of aliphatic hydroxyl groups is 2. The molecule has 0 aliphatic carbocycles. The highest BCUT2D eigenvalue weighted by atomic mass is 31.2. The van der Waals surface area contributed by atoms with Gasteiger partial charge in [-0.1, -0.05) is 0 Å². The quantitative estimate of drug-likeness (QED) is 0.287. The lowest BCUT2D eigenvalue weighted by atomic mass is 10.1. The fourth-order valence-electron chi connectivity index (χ4n) is 3.08. The Morgan fingerprint density at radius 3 is 2.71 bits per heavy atom. The summed E-state index contributed by atoms with van der Waals surface area (Å²) in [5.74, 6) is -0.323. The van der Waals surface area contributed by atoms with Gasteiger partial charge in [-0.2, -0.15) is 0 Å². The Hall–Kier alpha value is -2.15. The first-order valence-corrected chi connectivity index (χ1v) is 10.0. The van der Waals surface area contributed by atoms with Gasteiger partial charge in [-0.3, -0.25) is 13.9 Å². The molecule has 1 unspecified atom stereocenters. The Labute approximate surface area is 158 Å². The van der Waals surface area contributed by atoms with E-state index in [2.05, 4.69) is 20.3 Å². The van der Waals surface area contributed by atoms with Crippen molar-refractivity contribution in [2.75, 3.05) is 12.3 Å². The second-order valence-electron chi connectivity index (χ2n) is 6.54. The van der Waals surface area contributed by atoms with Crippen molar-refractivity contribution in [3.05, 3.63) is 12.7 Å². The number of imidazole rings is 1. The van der Waals surface area contributed by atoms with E-state index < -0.39 is 43.7 Å². The van der Waals surface area contributed by atoms with Crippen molar-refractivity contribution in [2.24, 2.45) is 0 Å². The predicted octanol–water partition coefficient (Wildman–Crippen LogP) is -1.90. The van der Waals surface area contributed by atoms with Gasteiger partial charge < -0.3 is 35.8 Å². The molecule has 1 aliphatic heterocycles. The van der Waals surface area contributed by atoms with E-state index in [0.29, 0.717) is 0 Å². The van der Waals surface area contributed by atoms with Crippen LogP contribution in [0.4, 0.5) is 5.82 Å². The largest absolute Gasteiger partial charge is 0.388 e. The number of aliphatic hydroxyl groups excluding tert-OH is 2. The number of ether oxygens (including phenoxy) is 1. The highest BCUT2D eigenvalue weighted by Crippen LogP contribution is 2.45. The van der Waals surface area contributed by atoms with Crippen molar-refractivity contribution in [1.82, 2.24) is 24.8 Å². The number of hydrogen-bond donors (Lipinski definition) is 6. The first-order chi connectivity index (χ1) is 13.1. The summed E-state index contributed by atoms with van der Waals surface area (Å²) < 4.78 is 18.8. The van der Waals surface area contributed by atoms with Crippen LogP contribution in [-0.2, 0) is 14.1 Å². The van der Waals surface area contributed by atoms with Gasteiger partial charge >= 0.3 is 7.60 Å². The second kappa shape index (κ2) is 7.70. The summed E-state index contributed by atoms with van der Waals surface area (Å²) in [5, 5.41) is 23.1. The van der Waals surface area contributed by atoms with E-state index in [4.69, 9.17) is 10.5 Å². The minimum absolute atomic E-state index is 0.130. The van der Waals surface area contributed by atoms with Gasteiger partial charge in [0.05, 0.1) is 18.1 Å². The minimum Gasteiger partial charge on any atom is -0.388 e. The van der Waals surface area contributed by atoms with Crippen molar-refractivity contribution in [3.63, 3.8) is 0 Å². The van der Waals surface area contributed by atoms with E-state index in [0.717, 1.165) is 0 Å². The molecule has 2 aromatic rings. The average molecular weight is 416 g/mol. The zero-order valence-electron chi connectivity index (χ0n) is 14.8. The molecule has 0 saturated carbocycles. The lowest BCUT2D eigenvalue weighted by Gasteiger charge is -2.23. The zero-order valence-corrected chi connectivity index (χ0v) is 15.7. The van der Waals surface area contributed by atoms with Gasteiger partial charge in [0.1, 0.15) is 24.1 Å². The molecule has 154 valence electrons. The highest BCUT2D eigenvalue weighted by Gasteiger charge is 2.46. The number of aromatic nitrogens is 4. The molecule has 1 fully saturated rings. The Morgan fingerprint density at radius 1 is 1.36 bits per heavy atom. The number of anilines is 1. The Morgan fingerprint density at radius 2 is 2.07 bits per heavy atom. The highest BCUT2D eigenvalue weighted by molar-refractivity contribution is 7.52. The van der Waals surface area contributed by atoms with Crippen LogP contribution in [0.3, 0.4) is 0 Å². The van der Waals surface area contributed by atoms with Crippen LogP contribution in [0.1, 0.15) is 19.6 Å². The van der Waals surface area contributed by atoms with Crippen LogP contribution in [0.2, 0.25) is 0 Å². The molecule has 7 N–H and O–H groups in total. The number of nitrogen functional groups attached to an aromatic ring is 1. The molecule has 0 aromatic carbocycles. The standard InChI is InChI=1S/C14H21N6O7P/c1-6(21)16-3-7(28(24,25)26)2-8-10(22)11(23)14(27-8)20-5-19-9-12(15)17-4-18-13(9)20/h4-5,7-8,10-11,14,22-23H,2-3H2,1H3,(H,16,21)(H2,15,17,18)(H2,24,25,26)/t7?,8-,10-,11-,14-/m1/s1. The molecule has 5 atom stereocenters. The topological polar surface area (TPSA) is 206 Å². The summed E-state index contributed by atoms with van der Waals surface area (Å²) in [6, 6.07) is 0. The third-order valence-corrected chi connectivity index (χ3v) is 5.91. The van der Waals surface area contributed by atoms with Crippen LogP contribution >= 0.6 is 7.60 Å². The third-order valence-electron chi connectivity index (χ3n) is 4.57. The molecule has 0 bridgehead atoms. The van der Waals surface area contributed by atoms with Gasteiger partial charge in [-0.05, 0) is 6.42 Å². The van der Waals surface area contributed by atoms with Crippen molar-refractivity contribution >= 4 is 30.5 Å². The van der Waals surface area contributed by atoms with E-state index in [-0.39, 0.29) is 29.9 Å². The fourth-order valence-corrected chi connectivity index (χ4v) is 3.89. The lowest BCUT2D eigenvalue weighted by Crippen LogP contribution is -2.37. The van der Waals surface area contributed by atoms with Crippen LogP contribution in [0.15, 0.2) is 12.7 Å². The van der Waals surface area contributed by atoms with Crippen LogP contribution in [0.5, 0.6) is 0 Å². The zero-order chi connectivity index (χ0) is 20.6. The number of rotatable bonds is 6. The molecule has 0 spiro atoms. The summed E-state index contributed by atoms with van der Waals surface area (Å²) in [7, 11) is -4.60. The molecular weight excluding hydrogens is 395 g/mol. The molecular formula is C14H21N6O7P. The van der Waals surface area contributed by atoms with E-state index in [1.807, 2.05) is 0 Å². The number of nitrogens with one attached hydrogen (secondary N) is 1. The van der Waals surface area contributed by atoms with Crippen LogP contribution in [0, 0.1) is 0 Å². The van der Waals surface area contributed by atoms with E-state index in [1.54, 1.807) is 0 Å². The molecule has 28 heavy (non-hydrogen) atoms. The average Bonchev–Trinajstić information content (AvgIpc) is 3.14. The SMILES string of the molecule is CC(=O)NCC(C[C@H]1O[C@@H](n2cnc3c(N)ncnc32)[C@H](O)[C@@H]1O)P(=O)(O)O. The number of carbonyl (C=O) groups is 1. The molecule has 0 radical (unpaired) electrons. The molecule has 3 rings (SSSR count). The van der Waals surface area contributed by atoms with Gasteiger partial charge in [-0.25, -0.2) is 15.0 Å². The Bertz CT molecular complexity index is 917. The van der Waals surface area contributed by atoms with Gasteiger partial charge in [0, 0.05) is 13.5 Å². The third kappa shape index (κ3) is 3.99. The van der Waals surface area contributed by atoms with E-state index >= 15 is 0 Å². The number of hydrogen-bond acceptors (Lipinski definition) is 9. The number of carbonyl (C=O) groups excluding carboxylic acids is 1. The van der Waals surface area contributed by atoms with E-state index in [1.165, 1.54) is 24.1 Å². The van der Waals surface area contributed by atoms with Gasteiger partial charge in [0.15, 0.2) is 17.7 Å². The normalized spacial score (nSPS) is 26.5. The van der Waals surface area contributed by atoms with Crippen LogP contribution < -0.4 is 11.1 Å². The fraction of sp³-hybridized carbons (Fsp3) is 0.571. The van der Waals surface area contributed by atoms with Crippen molar-refractivity contribution in [1.29, 1.82) is 0 Å². The summed E-state index contributed by atoms with van der Waals surface area (Å²) in [4.78, 5) is 42.1. The number of fused-ring (bicyclic) bond motifs is 1. The second-order valence-corrected chi connectivity index (χ2v) is 8.45. The first kappa shape index (κ1) is 20.6. The Balaban J connectivity index is 1.82. The van der Waals surface area contributed by atoms with Crippen LogP contribution in [-0.4, -0.2) is 75.9 Å². The van der Waals surface area contributed by atoms with Gasteiger partial charge in [-0.15, -0.1) is 0 Å². The maximum Gasteiger partial charge on any atom is 0.330 e. The number of amides is 1. The van der Waals surface area contributed by atoms with Crippen molar-refractivity contribution in [3.8, 4) is 0 Å². The smallest absolute Gasteiger partial charge is 0.330 e. The maximum absolute atomic E-state index is 11.7. The monoisotopic (exact) mass is 416 g/mol.